The highest BCUT2D eigenvalue weighted by molar-refractivity contribution is 6.25. The summed E-state index contributed by atoms with van der Waals surface area (Å²) in [5.41, 5.74) is 0.611. The zero-order valence-corrected chi connectivity index (χ0v) is 17.3. The number of hydrogen-bond acceptors (Lipinski definition) is 5. The van der Waals surface area contributed by atoms with Crippen molar-refractivity contribution < 1.29 is 32.7 Å². The van der Waals surface area contributed by atoms with Crippen molar-refractivity contribution in [3.8, 4) is 0 Å². The van der Waals surface area contributed by atoms with Crippen molar-refractivity contribution in [1.29, 1.82) is 0 Å². The Bertz CT molecular complexity index is 1240. The molecule has 0 fully saturated rings. The Morgan fingerprint density at radius 3 is 2.24 bits per heavy atom. The summed E-state index contributed by atoms with van der Waals surface area (Å²) in [6, 6.07) is 13.1. The molecule has 3 aromatic carbocycles. The van der Waals surface area contributed by atoms with Gasteiger partial charge in [-0.15, -0.1) is 0 Å². The van der Waals surface area contributed by atoms with Crippen LogP contribution in [0.3, 0.4) is 0 Å². The Kier molecular flexibility index (Phi) is 6.12. The van der Waals surface area contributed by atoms with E-state index in [0.29, 0.717) is 22.6 Å². The fourth-order valence-electron chi connectivity index (χ4n) is 3.66. The molecule has 9 heteroatoms. The van der Waals surface area contributed by atoms with Crippen LogP contribution in [0.4, 0.5) is 14.5 Å². The minimum Gasteiger partial charge on any atom is -0.456 e. The number of carbonyl (C=O) groups excluding carboxylic acids is 4. The van der Waals surface area contributed by atoms with Crippen molar-refractivity contribution in [2.45, 2.75) is 12.8 Å². The number of nitrogens with zero attached hydrogens (tertiary/aromatic N) is 1. The molecule has 0 unspecified atom stereocenters. The largest absolute Gasteiger partial charge is 0.456 e. The zero-order chi connectivity index (χ0) is 23.5. The first kappa shape index (κ1) is 22.1. The van der Waals surface area contributed by atoms with E-state index in [4.69, 9.17) is 4.74 Å². The fourth-order valence-corrected chi connectivity index (χ4v) is 3.66. The predicted octanol–water partition coefficient (Wildman–Crippen LogP) is 3.68. The van der Waals surface area contributed by atoms with Crippen LogP contribution >= 0.6 is 0 Å². The number of imide groups is 1. The molecule has 4 rings (SSSR count). The molecule has 0 aliphatic carbocycles. The van der Waals surface area contributed by atoms with Gasteiger partial charge in [0.2, 0.25) is 0 Å². The summed E-state index contributed by atoms with van der Waals surface area (Å²) in [5, 5.41) is 3.60. The van der Waals surface area contributed by atoms with Gasteiger partial charge in [-0.1, -0.05) is 24.3 Å². The Morgan fingerprint density at radius 1 is 0.939 bits per heavy atom. The summed E-state index contributed by atoms with van der Waals surface area (Å²) in [6.07, 6.45) is 0.00373. The summed E-state index contributed by atoms with van der Waals surface area (Å²) in [5.74, 6) is -4.12. The van der Waals surface area contributed by atoms with E-state index >= 15 is 0 Å². The van der Waals surface area contributed by atoms with E-state index in [0.717, 1.165) is 22.4 Å². The second-order valence-electron chi connectivity index (χ2n) is 7.41. The van der Waals surface area contributed by atoms with Gasteiger partial charge < -0.3 is 10.1 Å². The van der Waals surface area contributed by atoms with Crippen molar-refractivity contribution in [3.05, 3.63) is 77.4 Å². The number of benzene rings is 3. The molecule has 0 aromatic heterocycles. The molecule has 0 saturated heterocycles. The average Bonchev–Trinajstić information content (AvgIpc) is 2.80. The summed E-state index contributed by atoms with van der Waals surface area (Å²) in [7, 11) is 0. The van der Waals surface area contributed by atoms with Crippen molar-refractivity contribution in [1.82, 2.24) is 4.90 Å². The standard InChI is InChI=1S/C24H18F2N2O5/c25-15-9-10-19(18(26)12-15)27-20(29)13-33-21(30)8-3-11-28-23(31)16-6-1-4-14-5-2-7-17(22(14)16)24(28)32/h1-2,4-7,9-10,12H,3,8,11,13H2,(H,27,29). The van der Waals surface area contributed by atoms with E-state index < -0.39 is 41.9 Å². The van der Waals surface area contributed by atoms with Gasteiger partial charge in [0, 0.05) is 35.5 Å². The monoisotopic (exact) mass is 452 g/mol. The predicted molar refractivity (Wildman–Crippen MR) is 114 cm³/mol. The van der Waals surface area contributed by atoms with E-state index in [1.54, 1.807) is 24.3 Å². The van der Waals surface area contributed by atoms with Crippen LogP contribution in [0.1, 0.15) is 33.6 Å². The highest BCUT2D eigenvalue weighted by Crippen LogP contribution is 2.30. The van der Waals surface area contributed by atoms with Gasteiger partial charge >= 0.3 is 5.97 Å². The normalized spacial score (nSPS) is 12.7. The highest BCUT2D eigenvalue weighted by Gasteiger charge is 2.32. The lowest BCUT2D eigenvalue weighted by atomic mass is 9.94. The average molecular weight is 452 g/mol. The molecule has 0 spiro atoms. The Morgan fingerprint density at radius 2 is 1.61 bits per heavy atom. The molecule has 3 amide bonds. The number of nitrogens with one attached hydrogen (secondary N) is 1. The topological polar surface area (TPSA) is 92.8 Å². The van der Waals surface area contributed by atoms with Crippen LogP contribution in [-0.2, 0) is 14.3 Å². The van der Waals surface area contributed by atoms with Crippen molar-refractivity contribution in [3.63, 3.8) is 0 Å². The maximum atomic E-state index is 13.6. The van der Waals surface area contributed by atoms with Gasteiger partial charge in [0.25, 0.3) is 17.7 Å². The van der Waals surface area contributed by atoms with Crippen LogP contribution in [-0.4, -0.2) is 41.7 Å². The lowest BCUT2D eigenvalue weighted by Gasteiger charge is -2.27. The SMILES string of the molecule is O=C(COC(=O)CCCN1C(=O)c2cccc3cccc(c23)C1=O)Nc1ccc(F)cc1F. The Balaban J connectivity index is 1.29. The lowest BCUT2D eigenvalue weighted by Crippen LogP contribution is -2.41. The van der Waals surface area contributed by atoms with E-state index in [2.05, 4.69) is 5.32 Å². The third-order valence-corrected chi connectivity index (χ3v) is 5.19. The van der Waals surface area contributed by atoms with Crippen LogP contribution < -0.4 is 5.32 Å². The zero-order valence-electron chi connectivity index (χ0n) is 17.3. The number of hydrogen-bond donors (Lipinski definition) is 1. The van der Waals surface area contributed by atoms with Crippen LogP contribution in [0.5, 0.6) is 0 Å². The molecule has 168 valence electrons. The van der Waals surface area contributed by atoms with E-state index in [-0.39, 0.29) is 25.1 Å². The molecule has 1 heterocycles. The summed E-state index contributed by atoms with van der Waals surface area (Å²) in [6.45, 7) is -0.656. The third-order valence-electron chi connectivity index (χ3n) is 5.19. The molecule has 1 aliphatic heterocycles. The van der Waals surface area contributed by atoms with Gasteiger partial charge in [-0.2, -0.15) is 0 Å². The van der Waals surface area contributed by atoms with Gasteiger partial charge in [0.15, 0.2) is 6.61 Å². The first-order valence-corrected chi connectivity index (χ1v) is 10.1. The Hall–Kier alpha value is -4.14. The molecule has 0 radical (unpaired) electrons. The number of esters is 1. The third kappa shape index (κ3) is 4.57. The second kappa shape index (κ2) is 9.15. The molecule has 0 saturated carbocycles. The number of ether oxygens (including phenoxy) is 1. The molecular weight excluding hydrogens is 434 g/mol. The number of halogens is 2. The maximum absolute atomic E-state index is 13.6. The second-order valence-corrected chi connectivity index (χ2v) is 7.41. The van der Waals surface area contributed by atoms with Crippen LogP contribution in [0.2, 0.25) is 0 Å². The van der Waals surface area contributed by atoms with Crippen molar-refractivity contribution in [2.24, 2.45) is 0 Å². The lowest BCUT2D eigenvalue weighted by molar-refractivity contribution is -0.147. The molecule has 1 N–H and O–H groups in total. The van der Waals surface area contributed by atoms with Gasteiger partial charge in [0.1, 0.15) is 11.6 Å². The molecule has 0 atom stereocenters. The molecular formula is C24H18F2N2O5. The van der Waals surface area contributed by atoms with Gasteiger partial charge in [-0.3, -0.25) is 24.1 Å². The van der Waals surface area contributed by atoms with E-state index in [9.17, 15) is 28.0 Å². The first-order valence-electron chi connectivity index (χ1n) is 10.1. The number of rotatable bonds is 7. The smallest absolute Gasteiger partial charge is 0.306 e. The summed E-state index contributed by atoms with van der Waals surface area (Å²) < 4.78 is 31.3. The number of carbonyl (C=O) groups is 4. The molecule has 33 heavy (non-hydrogen) atoms. The van der Waals surface area contributed by atoms with Gasteiger partial charge in [-0.25, -0.2) is 8.78 Å². The quantitative estimate of drug-likeness (QED) is 0.436. The van der Waals surface area contributed by atoms with Crippen LogP contribution in [0.25, 0.3) is 10.8 Å². The van der Waals surface area contributed by atoms with E-state index in [1.165, 1.54) is 0 Å². The minimum atomic E-state index is -0.956. The molecule has 0 bridgehead atoms. The van der Waals surface area contributed by atoms with Crippen LogP contribution in [0.15, 0.2) is 54.6 Å². The van der Waals surface area contributed by atoms with Crippen molar-refractivity contribution in [2.75, 3.05) is 18.5 Å². The maximum Gasteiger partial charge on any atom is 0.306 e. The molecule has 3 aromatic rings. The fraction of sp³-hybridized carbons (Fsp3) is 0.167. The van der Waals surface area contributed by atoms with Crippen molar-refractivity contribution >= 4 is 40.2 Å². The van der Waals surface area contributed by atoms with Crippen LogP contribution in [0, 0.1) is 11.6 Å². The molecule has 7 nitrogen and oxygen atoms in total. The first-order chi connectivity index (χ1) is 15.8. The van der Waals surface area contributed by atoms with Gasteiger partial charge in [0.05, 0.1) is 5.69 Å². The molecule has 1 aliphatic rings. The number of anilines is 1. The van der Waals surface area contributed by atoms with Gasteiger partial charge in [-0.05, 0) is 36.1 Å². The Labute approximate surface area is 186 Å². The summed E-state index contributed by atoms with van der Waals surface area (Å²) in [4.78, 5) is 50.5. The highest BCUT2D eigenvalue weighted by atomic mass is 19.1. The summed E-state index contributed by atoms with van der Waals surface area (Å²) >= 11 is 0. The number of amides is 3. The van der Waals surface area contributed by atoms with E-state index in [1.807, 2.05) is 12.1 Å². The minimum absolute atomic E-state index is 0.00444.